The van der Waals surface area contributed by atoms with Crippen molar-refractivity contribution < 1.29 is 14.3 Å². The van der Waals surface area contributed by atoms with E-state index in [0.29, 0.717) is 13.2 Å². The van der Waals surface area contributed by atoms with Crippen LogP contribution in [0.2, 0.25) is 0 Å². The van der Waals surface area contributed by atoms with Crippen LogP contribution in [0.4, 0.5) is 0 Å². The SMILES string of the molecule is O=C1c2ccc(OCc3ccccc3)cc2COC12CCc1ccccc12. The van der Waals surface area contributed by atoms with E-state index < -0.39 is 5.60 Å². The Hall–Kier alpha value is -2.91. The molecule has 0 bridgehead atoms. The van der Waals surface area contributed by atoms with Gasteiger partial charge in [0.1, 0.15) is 12.4 Å². The number of Topliss-reactive ketones (excluding diaryl/α,β-unsaturated/α-hetero) is 1. The van der Waals surface area contributed by atoms with Gasteiger partial charge in [-0.3, -0.25) is 4.79 Å². The Balaban J connectivity index is 1.41. The molecule has 3 heteroatoms. The number of ketones is 1. The quantitative estimate of drug-likeness (QED) is 0.675. The van der Waals surface area contributed by atoms with Crippen molar-refractivity contribution in [2.45, 2.75) is 31.7 Å². The van der Waals surface area contributed by atoms with Gasteiger partial charge in [0.25, 0.3) is 0 Å². The Morgan fingerprint density at radius 3 is 2.63 bits per heavy atom. The van der Waals surface area contributed by atoms with Crippen LogP contribution in [0.5, 0.6) is 5.75 Å². The highest BCUT2D eigenvalue weighted by molar-refractivity contribution is 6.05. The Kier molecular flexibility index (Phi) is 3.83. The van der Waals surface area contributed by atoms with Crippen molar-refractivity contribution in [1.82, 2.24) is 0 Å². The molecule has 3 nitrogen and oxygen atoms in total. The molecule has 5 rings (SSSR count). The second-order valence-electron chi connectivity index (χ2n) is 7.20. The zero-order valence-electron chi connectivity index (χ0n) is 15.0. The fourth-order valence-corrected chi connectivity index (χ4v) is 4.19. The number of aryl methyl sites for hydroxylation is 1. The predicted molar refractivity (Wildman–Crippen MR) is 103 cm³/mol. The molecule has 27 heavy (non-hydrogen) atoms. The predicted octanol–water partition coefficient (Wildman–Crippen LogP) is 4.82. The van der Waals surface area contributed by atoms with Gasteiger partial charge in [0.05, 0.1) is 6.61 Å². The van der Waals surface area contributed by atoms with Crippen LogP contribution in [-0.4, -0.2) is 5.78 Å². The average molecular weight is 356 g/mol. The number of fused-ring (bicyclic) bond motifs is 3. The smallest absolute Gasteiger partial charge is 0.199 e. The topological polar surface area (TPSA) is 35.5 Å². The molecule has 1 heterocycles. The van der Waals surface area contributed by atoms with E-state index in [9.17, 15) is 4.79 Å². The second kappa shape index (κ2) is 6.36. The number of ether oxygens (including phenoxy) is 2. The Labute approximate surface area is 158 Å². The van der Waals surface area contributed by atoms with E-state index in [1.54, 1.807) is 0 Å². The zero-order chi connectivity index (χ0) is 18.3. The van der Waals surface area contributed by atoms with Gasteiger partial charge in [0, 0.05) is 5.56 Å². The number of rotatable bonds is 3. The lowest BCUT2D eigenvalue weighted by Crippen LogP contribution is -2.40. The minimum absolute atomic E-state index is 0.0725. The van der Waals surface area contributed by atoms with Crippen molar-refractivity contribution in [3.63, 3.8) is 0 Å². The van der Waals surface area contributed by atoms with Crippen LogP contribution in [-0.2, 0) is 30.0 Å². The highest BCUT2D eigenvalue weighted by Crippen LogP contribution is 2.46. The number of hydrogen-bond acceptors (Lipinski definition) is 3. The molecule has 1 unspecified atom stereocenters. The Bertz CT molecular complexity index is 1010. The molecule has 0 aromatic heterocycles. The molecule has 0 saturated carbocycles. The summed E-state index contributed by atoms with van der Waals surface area (Å²) < 4.78 is 12.1. The highest BCUT2D eigenvalue weighted by Gasteiger charge is 2.49. The lowest BCUT2D eigenvalue weighted by atomic mass is 9.83. The van der Waals surface area contributed by atoms with Gasteiger partial charge < -0.3 is 9.47 Å². The van der Waals surface area contributed by atoms with E-state index >= 15 is 0 Å². The molecule has 3 aromatic carbocycles. The zero-order valence-corrected chi connectivity index (χ0v) is 15.0. The molecular formula is C24H20O3. The summed E-state index contributed by atoms with van der Waals surface area (Å²) in [6.07, 6.45) is 1.60. The third kappa shape index (κ3) is 2.66. The van der Waals surface area contributed by atoms with E-state index in [1.165, 1.54) is 5.56 Å². The van der Waals surface area contributed by atoms with Crippen molar-refractivity contribution >= 4 is 5.78 Å². The summed E-state index contributed by atoms with van der Waals surface area (Å²) in [4.78, 5) is 13.3. The Morgan fingerprint density at radius 2 is 1.74 bits per heavy atom. The van der Waals surface area contributed by atoms with Crippen molar-refractivity contribution in [2.24, 2.45) is 0 Å². The average Bonchev–Trinajstić information content (AvgIpc) is 3.10. The van der Waals surface area contributed by atoms with Crippen LogP contribution in [0.3, 0.4) is 0 Å². The van der Waals surface area contributed by atoms with Crippen LogP contribution >= 0.6 is 0 Å². The number of benzene rings is 3. The minimum Gasteiger partial charge on any atom is -0.489 e. The van der Waals surface area contributed by atoms with Gasteiger partial charge in [0.15, 0.2) is 11.4 Å². The molecule has 0 radical (unpaired) electrons. The molecule has 1 atom stereocenters. The van der Waals surface area contributed by atoms with Gasteiger partial charge in [-0.1, -0.05) is 54.6 Å². The molecule has 0 saturated heterocycles. The standard InChI is InChI=1S/C24H20O3/c25-23-21-11-10-20(26-15-17-6-2-1-3-7-17)14-19(21)16-27-24(23)13-12-18-8-4-5-9-22(18)24/h1-11,14H,12-13,15-16H2. The van der Waals surface area contributed by atoms with Crippen LogP contribution in [0.15, 0.2) is 72.8 Å². The van der Waals surface area contributed by atoms with Crippen LogP contribution < -0.4 is 4.74 Å². The first-order valence-corrected chi connectivity index (χ1v) is 9.33. The van der Waals surface area contributed by atoms with Crippen molar-refractivity contribution in [1.29, 1.82) is 0 Å². The van der Waals surface area contributed by atoms with Gasteiger partial charge in [-0.05, 0) is 53.3 Å². The van der Waals surface area contributed by atoms with Gasteiger partial charge >= 0.3 is 0 Å². The van der Waals surface area contributed by atoms with E-state index in [0.717, 1.165) is 40.8 Å². The molecule has 0 amide bonds. The number of carbonyl (C=O) groups is 1. The summed E-state index contributed by atoms with van der Waals surface area (Å²) in [6, 6.07) is 23.9. The van der Waals surface area contributed by atoms with E-state index in [4.69, 9.17) is 9.47 Å². The third-order valence-corrected chi connectivity index (χ3v) is 5.61. The van der Waals surface area contributed by atoms with Gasteiger partial charge in [-0.15, -0.1) is 0 Å². The minimum atomic E-state index is -0.810. The van der Waals surface area contributed by atoms with Gasteiger partial charge in [-0.2, -0.15) is 0 Å². The Morgan fingerprint density at radius 1 is 0.926 bits per heavy atom. The molecule has 1 aliphatic carbocycles. The van der Waals surface area contributed by atoms with Crippen molar-refractivity contribution in [3.05, 3.63) is 101 Å². The monoisotopic (exact) mass is 356 g/mol. The molecule has 134 valence electrons. The summed E-state index contributed by atoms with van der Waals surface area (Å²) in [6.45, 7) is 0.934. The lowest BCUT2D eigenvalue weighted by Gasteiger charge is -2.34. The van der Waals surface area contributed by atoms with E-state index in [1.807, 2.05) is 66.7 Å². The van der Waals surface area contributed by atoms with Crippen molar-refractivity contribution in [3.8, 4) is 5.75 Å². The molecule has 1 spiro atoms. The van der Waals surface area contributed by atoms with Gasteiger partial charge in [-0.25, -0.2) is 0 Å². The summed E-state index contributed by atoms with van der Waals surface area (Å²) in [7, 11) is 0. The molecular weight excluding hydrogens is 336 g/mol. The fraction of sp³-hybridized carbons (Fsp3) is 0.208. The molecule has 3 aromatic rings. The third-order valence-electron chi connectivity index (χ3n) is 5.61. The summed E-state index contributed by atoms with van der Waals surface area (Å²) in [5, 5.41) is 0. The number of hydrogen-bond donors (Lipinski definition) is 0. The van der Waals surface area contributed by atoms with Crippen LogP contribution in [0, 0.1) is 0 Å². The van der Waals surface area contributed by atoms with Gasteiger partial charge in [0.2, 0.25) is 0 Å². The van der Waals surface area contributed by atoms with E-state index in [-0.39, 0.29) is 5.78 Å². The highest BCUT2D eigenvalue weighted by atomic mass is 16.5. The van der Waals surface area contributed by atoms with Crippen molar-refractivity contribution in [2.75, 3.05) is 0 Å². The summed E-state index contributed by atoms with van der Waals surface area (Å²) in [5.74, 6) is 0.833. The number of carbonyl (C=O) groups excluding carboxylic acids is 1. The first kappa shape index (κ1) is 16.3. The summed E-state index contributed by atoms with van der Waals surface area (Å²) >= 11 is 0. The largest absolute Gasteiger partial charge is 0.489 e. The lowest BCUT2D eigenvalue weighted by molar-refractivity contribution is -0.0454. The molecule has 0 N–H and O–H groups in total. The normalized spacial score (nSPS) is 20.4. The molecule has 2 aliphatic rings. The first-order chi connectivity index (χ1) is 13.3. The van der Waals surface area contributed by atoms with E-state index in [2.05, 4.69) is 6.07 Å². The molecule has 0 fully saturated rings. The maximum absolute atomic E-state index is 13.3. The second-order valence-corrected chi connectivity index (χ2v) is 7.20. The maximum Gasteiger partial charge on any atom is 0.199 e. The maximum atomic E-state index is 13.3. The first-order valence-electron chi connectivity index (χ1n) is 9.33. The van der Waals surface area contributed by atoms with Crippen LogP contribution in [0.1, 0.15) is 39.0 Å². The summed E-state index contributed by atoms with van der Waals surface area (Å²) in [5.41, 5.74) is 4.22. The fourth-order valence-electron chi connectivity index (χ4n) is 4.19. The molecule has 1 aliphatic heterocycles. The van der Waals surface area contributed by atoms with Crippen LogP contribution in [0.25, 0.3) is 0 Å².